The Kier molecular flexibility index (Phi) is 10.0. The van der Waals surface area contributed by atoms with Crippen molar-refractivity contribution in [3.8, 4) is 0 Å². The summed E-state index contributed by atoms with van der Waals surface area (Å²) in [6.45, 7) is 3.40. The van der Waals surface area contributed by atoms with Gasteiger partial charge in [-0.05, 0) is 25.2 Å². The standard InChI is InChI=1S/C19H31N5O8/c1-9(2)15(23-16(28)10(20)5-6-14(26)27)17(29)22-11(8-13(21)25)18(30)24-7-3-4-12(24)19(31)32/h9-12,15H,3-8,20H2,1-2H3,(H2,21,25)(H,22,29)(H,23,28)(H,26,27)(H,31,32). The van der Waals surface area contributed by atoms with E-state index in [-0.39, 0.29) is 25.8 Å². The fourth-order valence-electron chi connectivity index (χ4n) is 3.36. The number of amides is 4. The summed E-state index contributed by atoms with van der Waals surface area (Å²) in [4.78, 5) is 72.6. The van der Waals surface area contributed by atoms with E-state index in [9.17, 15) is 33.9 Å². The molecule has 4 atom stereocenters. The minimum Gasteiger partial charge on any atom is -0.481 e. The van der Waals surface area contributed by atoms with Gasteiger partial charge in [0, 0.05) is 13.0 Å². The average Bonchev–Trinajstić information content (AvgIpc) is 3.18. The van der Waals surface area contributed by atoms with E-state index >= 15 is 0 Å². The molecule has 0 bridgehead atoms. The Hall–Kier alpha value is -3.22. The van der Waals surface area contributed by atoms with Gasteiger partial charge in [0.05, 0.1) is 12.5 Å². The van der Waals surface area contributed by atoms with Gasteiger partial charge in [0.15, 0.2) is 0 Å². The van der Waals surface area contributed by atoms with Crippen LogP contribution in [0.5, 0.6) is 0 Å². The molecule has 4 unspecified atom stereocenters. The first kappa shape index (κ1) is 26.8. The summed E-state index contributed by atoms with van der Waals surface area (Å²) < 4.78 is 0. The van der Waals surface area contributed by atoms with Gasteiger partial charge in [0.2, 0.25) is 23.6 Å². The van der Waals surface area contributed by atoms with Gasteiger partial charge in [-0.15, -0.1) is 0 Å². The van der Waals surface area contributed by atoms with E-state index < -0.39 is 72.1 Å². The maximum atomic E-state index is 12.9. The number of rotatable bonds is 12. The molecule has 1 fully saturated rings. The first-order valence-electron chi connectivity index (χ1n) is 10.2. The normalized spacial score (nSPS) is 18.5. The van der Waals surface area contributed by atoms with Gasteiger partial charge < -0.3 is 37.2 Å². The third-order valence-corrected chi connectivity index (χ3v) is 5.09. The third kappa shape index (κ3) is 7.80. The number of likely N-dealkylation sites (tertiary alicyclic amines) is 1. The average molecular weight is 457 g/mol. The summed E-state index contributed by atoms with van der Waals surface area (Å²) in [5.74, 6) is -5.94. The number of nitrogens with one attached hydrogen (secondary N) is 2. The molecule has 1 heterocycles. The van der Waals surface area contributed by atoms with Crippen LogP contribution < -0.4 is 22.1 Å². The highest BCUT2D eigenvalue weighted by Gasteiger charge is 2.39. The van der Waals surface area contributed by atoms with E-state index in [4.69, 9.17) is 16.6 Å². The Labute approximate surface area is 184 Å². The van der Waals surface area contributed by atoms with E-state index in [1.807, 2.05) is 0 Å². The number of hydrogen-bond donors (Lipinski definition) is 6. The quantitative estimate of drug-likeness (QED) is 0.186. The highest BCUT2D eigenvalue weighted by molar-refractivity contribution is 5.96. The zero-order valence-corrected chi connectivity index (χ0v) is 18.1. The van der Waals surface area contributed by atoms with Gasteiger partial charge >= 0.3 is 11.9 Å². The molecule has 1 aliphatic rings. The summed E-state index contributed by atoms with van der Waals surface area (Å²) in [7, 11) is 0. The molecule has 4 amide bonds. The SMILES string of the molecule is CC(C)C(NC(=O)C(N)CCC(=O)O)C(=O)NC(CC(N)=O)C(=O)N1CCCC1C(=O)O. The van der Waals surface area contributed by atoms with Crippen molar-refractivity contribution in [2.24, 2.45) is 17.4 Å². The Morgan fingerprint density at radius 2 is 1.69 bits per heavy atom. The van der Waals surface area contributed by atoms with Crippen LogP contribution in [-0.2, 0) is 28.8 Å². The largest absolute Gasteiger partial charge is 0.481 e. The lowest BCUT2D eigenvalue weighted by Gasteiger charge is -2.29. The number of aliphatic carboxylic acids is 2. The Morgan fingerprint density at radius 3 is 2.19 bits per heavy atom. The van der Waals surface area contributed by atoms with Crippen molar-refractivity contribution < 1.29 is 39.0 Å². The lowest BCUT2D eigenvalue weighted by atomic mass is 10.0. The highest BCUT2D eigenvalue weighted by Crippen LogP contribution is 2.19. The van der Waals surface area contributed by atoms with Crippen molar-refractivity contribution in [1.82, 2.24) is 15.5 Å². The Bertz CT molecular complexity index is 756. The molecule has 0 spiro atoms. The zero-order valence-electron chi connectivity index (χ0n) is 18.1. The molecule has 0 aromatic rings. The summed E-state index contributed by atoms with van der Waals surface area (Å²) in [6.07, 6.45) is -0.314. The molecule has 0 saturated carbocycles. The van der Waals surface area contributed by atoms with Gasteiger partial charge in [-0.2, -0.15) is 0 Å². The zero-order chi connectivity index (χ0) is 24.6. The number of nitrogens with zero attached hydrogens (tertiary/aromatic N) is 1. The van der Waals surface area contributed by atoms with Gasteiger partial charge in [0.25, 0.3) is 0 Å². The fraction of sp³-hybridized carbons (Fsp3) is 0.684. The van der Waals surface area contributed by atoms with Gasteiger partial charge in [-0.3, -0.25) is 24.0 Å². The number of carbonyl (C=O) groups excluding carboxylic acids is 4. The van der Waals surface area contributed by atoms with E-state index in [0.717, 1.165) is 4.90 Å². The molecule has 180 valence electrons. The van der Waals surface area contributed by atoms with Crippen LogP contribution in [0.15, 0.2) is 0 Å². The van der Waals surface area contributed by atoms with Crippen molar-refractivity contribution in [3.63, 3.8) is 0 Å². The number of primary amides is 1. The molecule has 1 rings (SSSR count). The molecular formula is C19H31N5O8. The van der Waals surface area contributed by atoms with E-state index in [1.165, 1.54) is 0 Å². The molecule has 32 heavy (non-hydrogen) atoms. The summed E-state index contributed by atoms with van der Waals surface area (Å²) in [6, 6.07) is -4.78. The molecule has 0 aromatic carbocycles. The van der Waals surface area contributed by atoms with Gasteiger partial charge in [-0.25, -0.2) is 4.79 Å². The van der Waals surface area contributed by atoms with Crippen LogP contribution in [0.3, 0.4) is 0 Å². The second kappa shape index (κ2) is 12.0. The fourth-order valence-corrected chi connectivity index (χ4v) is 3.36. The van der Waals surface area contributed by atoms with Crippen molar-refractivity contribution in [2.75, 3.05) is 6.54 Å². The topological polar surface area (TPSA) is 222 Å². The molecular weight excluding hydrogens is 426 g/mol. The van der Waals surface area contributed by atoms with Gasteiger partial charge in [0.1, 0.15) is 18.1 Å². The van der Waals surface area contributed by atoms with E-state index in [0.29, 0.717) is 6.42 Å². The number of carboxylic acids is 2. The molecule has 8 N–H and O–H groups in total. The van der Waals surface area contributed by atoms with Crippen LogP contribution >= 0.6 is 0 Å². The first-order valence-corrected chi connectivity index (χ1v) is 10.2. The minimum atomic E-state index is -1.40. The van der Waals surface area contributed by atoms with Crippen LogP contribution in [0.4, 0.5) is 0 Å². The molecule has 0 radical (unpaired) electrons. The van der Waals surface area contributed by atoms with Gasteiger partial charge in [-0.1, -0.05) is 13.8 Å². The molecule has 13 nitrogen and oxygen atoms in total. The van der Waals surface area contributed by atoms with E-state index in [1.54, 1.807) is 13.8 Å². The third-order valence-electron chi connectivity index (χ3n) is 5.09. The summed E-state index contributed by atoms with van der Waals surface area (Å²) in [5.41, 5.74) is 10.9. The van der Waals surface area contributed by atoms with Crippen molar-refractivity contribution >= 4 is 35.6 Å². The maximum absolute atomic E-state index is 12.9. The van der Waals surface area contributed by atoms with Crippen LogP contribution in [0.2, 0.25) is 0 Å². The predicted octanol–water partition coefficient (Wildman–Crippen LogP) is -2.24. The Balaban J connectivity index is 2.94. The lowest BCUT2D eigenvalue weighted by molar-refractivity contribution is -0.149. The van der Waals surface area contributed by atoms with Crippen LogP contribution in [-0.4, -0.2) is 81.4 Å². The lowest BCUT2D eigenvalue weighted by Crippen LogP contribution is -2.59. The molecule has 1 saturated heterocycles. The molecule has 0 aliphatic carbocycles. The highest BCUT2D eigenvalue weighted by atomic mass is 16.4. The van der Waals surface area contributed by atoms with Crippen LogP contribution in [0.25, 0.3) is 0 Å². The summed E-state index contributed by atoms with van der Waals surface area (Å²) in [5, 5.41) is 22.8. The maximum Gasteiger partial charge on any atom is 0.326 e. The Morgan fingerprint density at radius 1 is 1.06 bits per heavy atom. The van der Waals surface area contributed by atoms with Crippen molar-refractivity contribution in [3.05, 3.63) is 0 Å². The smallest absolute Gasteiger partial charge is 0.326 e. The second-order valence-electron chi connectivity index (χ2n) is 8.03. The number of carbonyl (C=O) groups is 6. The van der Waals surface area contributed by atoms with Crippen LogP contribution in [0, 0.1) is 5.92 Å². The molecule has 1 aliphatic heterocycles. The van der Waals surface area contributed by atoms with E-state index in [2.05, 4.69) is 10.6 Å². The minimum absolute atomic E-state index is 0.137. The predicted molar refractivity (Wildman–Crippen MR) is 110 cm³/mol. The summed E-state index contributed by atoms with van der Waals surface area (Å²) >= 11 is 0. The second-order valence-corrected chi connectivity index (χ2v) is 8.03. The van der Waals surface area contributed by atoms with Crippen LogP contribution in [0.1, 0.15) is 46.0 Å². The first-order chi connectivity index (χ1) is 14.8. The number of hydrogen-bond acceptors (Lipinski definition) is 7. The van der Waals surface area contributed by atoms with Crippen molar-refractivity contribution in [1.29, 1.82) is 0 Å². The molecule has 13 heteroatoms. The number of carboxylic acid groups (broad SMARTS) is 2. The number of nitrogens with two attached hydrogens (primary N) is 2. The monoisotopic (exact) mass is 457 g/mol. The van der Waals surface area contributed by atoms with Crippen molar-refractivity contribution in [2.45, 2.75) is 70.1 Å². The molecule has 0 aromatic heterocycles.